The van der Waals surface area contributed by atoms with Crippen LogP contribution in [0.5, 0.6) is 0 Å². The molecule has 164 valence electrons. The zero-order valence-corrected chi connectivity index (χ0v) is 16.9. The Morgan fingerprint density at radius 1 is 1.13 bits per heavy atom. The minimum Gasteiger partial charge on any atom is -0.462 e. The Bertz CT molecular complexity index is 1140. The first-order valence-electron chi connectivity index (χ1n) is 9.85. The summed E-state index contributed by atoms with van der Waals surface area (Å²) in [6.45, 7) is 3.80. The van der Waals surface area contributed by atoms with Gasteiger partial charge in [0.2, 0.25) is 0 Å². The molecule has 2 aromatic heterocycles. The van der Waals surface area contributed by atoms with Crippen LogP contribution in [0.25, 0.3) is 10.9 Å². The second-order valence-electron chi connectivity index (χ2n) is 7.07. The van der Waals surface area contributed by atoms with Crippen LogP contribution < -0.4 is 10.5 Å². The molecular weight excluding hydrogens is 398 g/mol. The van der Waals surface area contributed by atoms with Gasteiger partial charge in [0.15, 0.2) is 0 Å². The molecule has 4 rings (SSSR count). The topological polar surface area (TPSA) is 101 Å². The number of H-pyrrole nitrogens is 1. The van der Waals surface area contributed by atoms with E-state index < -0.39 is 11.5 Å². The van der Waals surface area contributed by atoms with Crippen molar-refractivity contribution in [2.75, 3.05) is 37.7 Å². The minimum absolute atomic E-state index is 0. The van der Waals surface area contributed by atoms with Crippen LogP contribution in [0.4, 0.5) is 5.69 Å². The van der Waals surface area contributed by atoms with Gasteiger partial charge in [-0.1, -0.05) is 25.6 Å². The van der Waals surface area contributed by atoms with Gasteiger partial charge < -0.3 is 19.1 Å². The molecule has 1 N–H and O–H groups in total. The highest BCUT2D eigenvalue weighted by Crippen LogP contribution is 2.30. The SMILES string of the molecule is C.CCOC(=O)c1c(N2CCN(C(=O)c3ccn[nH]3)CC2)c2ccccc2n(C)c1=O. The molecule has 1 saturated heterocycles. The number of fused-ring (bicyclic) bond motifs is 1. The molecule has 0 radical (unpaired) electrons. The average molecular weight is 425 g/mol. The number of anilines is 1. The Hall–Kier alpha value is -3.62. The van der Waals surface area contributed by atoms with Gasteiger partial charge in [0, 0.05) is 44.8 Å². The Kier molecular flexibility index (Phi) is 6.43. The first-order valence-corrected chi connectivity index (χ1v) is 9.85. The van der Waals surface area contributed by atoms with Crippen molar-refractivity contribution < 1.29 is 14.3 Å². The number of aryl methyl sites for hydroxylation is 1. The van der Waals surface area contributed by atoms with Crippen LogP contribution in [0.1, 0.15) is 35.2 Å². The van der Waals surface area contributed by atoms with Crippen LogP contribution in [0.2, 0.25) is 0 Å². The summed E-state index contributed by atoms with van der Waals surface area (Å²) in [7, 11) is 1.65. The Morgan fingerprint density at radius 3 is 2.48 bits per heavy atom. The summed E-state index contributed by atoms with van der Waals surface area (Å²) >= 11 is 0. The van der Waals surface area contributed by atoms with Crippen LogP contribution in [0.3, 0.4) is 0 Å². The van der Waals surface area contributed by atoms with Crippen molar-refractivity contribution in [3.8, 4) is 0 Å². The molecule has 0 saturated carbocycles. The fraction of sp³-hybridized carbons (Fsp3) is 0.364. The van der Waals surface area contributed by atoms with Crippen molar-refractivity contribution >= 4 is 28.5 Å². The van der Waals surface area contributed by atoms with Crippen LogP contribution in [-0.4, -0.2) is 64.3 Å². The van der Waals surface area contributed by atoms with Crippen LogP contribution in [0, 0.1) is 0 Å². The van der Waals surface area contributed by atoms with Gasteiger partial charge in [0.05, 0.1) is 17.8 Å². The number of esters is 1. The number of rotatable bonds is 4. The first-order chi connectivity index (χ1) is 14.5. The highest BCUT2D eigenvalue weighted by atomic mass is 16.5. The van der Waals surface area contributed by atoms with E-state index in [1.165, 1.54) is 4.57 Å². The molecule has 0 unspecified atom stereocenters. The Labute approximate surface area is 180 Å². The van der Waals surface area contributed by atoms with E-state index >= 15 is 0 Å². The molecule has 1 aromatic carbocycles. The average Bonchev–Trinajstić information content (AvgIpc) is 3.31. The normalized spacial score (nSPS) is 13.7. The fourth-order valence-electron chi connectivity index (χ4n) is 3.87. The predicted molar refractivity (Wildman–Crippen MR) is 119 cm³/mol. The zero-order valence-electron chi connectivity index (χ0n) is 16.9. The molecule has 1 aliphatic heterocycles. The molecule has 0 aliphatic carbocycles. The van der Waals surface area contributed by atoms with E-state index in [1.54, 1.807) is 31.1 Å². The van der Waals surface area contributed by atoms with Gasteiger partial charge in [-0.25, -0.2) is 4.79 Å². The standard InChI is InChI=1S/C21H23N5O4.CH4/c1-3-30-21(29)17-18(14-6-4-5-7-16(14)24(2)20(17)28)25-10-12-26(13-11-25)19(27)15-8-9-22-23-15;/h4-9H,3,10-13H2,1-2H3,(H,22,23);1H4. The van der Waals surface area contributed by atoms with E-state index in [9.17, 15) is 14.4 Å². The fourth-order valence-corrected chi connectivity index (χ4v) is 3.87. The quantitative estimate of drug-likeness (QED) is 0.642. The molecule has 0 spiro atoms. The number of para-hydroxylation sites is 1. The van der Waals surface area contributed by atoms with E-state index in [4.69, 9.17) is 4.74 Å². The number of nitrogens with one attached hydrogen (secondary N) is 1. The Balaban J connectivity index is 0.00000272. The van der Waals surface area contributed by atoms with Gasteiger partial charge in [-0.05, 0) is 19.1 Å². The maximum atomic E-state index is 13.1. The number of nitrogens with zero attached hydrogens (tertiary/aromatic N) is 4. The van der Waals surface area contributed by atoms with Crippen LogP contribution in [-0.2, 0) is 11.8 Å². The number of aromatic amines is 1. The third-order valence-electron chi connectivity index (χ3n) is 5.37. The lowest BCUT2D eigenvalue weighted by atomic mass is 10.1. The van der Waals surface area contributed by atoms with Crippen LogP contribution in [0.15, 0.2) is 41.3 Å². The molecule has 0 atom stereocenters. The summed E-state index contributed by atoms with van der Waals surface area (Å²) in [5.74, 6) is -0.749. The molecule has 3 aromatic rings. The van der Waals surface area contributed by atoms with Crippen molar-refractivity contribution in [1.82, 2.24) is 19.7 Å². The van der Waals surface area contributed by atoms with Crippen molar-refractivity contribution in [2.45, 2.75) is 14.4 Å². The molecule has 3 heterocycles. The summed E-state index contributed by atoms with van der Waals surface area (Å²) in [4.78, 5) is 42.1. The summed E-state index contributed by atoms with van der Waals surface area (Å²) in [5.41, 5.74) is 1.39. The van der Waals surface area contributed by atoms with Gasteiger partial charge in [-0.3, -0.25) is 14.7 Å². The molecule has 9 heteroatoms. The number of piperazine rings is 1. The highest BCUT2D eigenvalue weighted by Gasteiger charge is 2.29. The largest absolute Gasteiger partial charge is 0.462 e. The van der Waals surface area contributed by atoms with E-state index in [2.05, 4.69) is 10.2 Å². The molecule has 1 fully saturated rings. The third kappa shape index (κ3) is 3.90. The Morgan fingerprint density at radius 2 is 1.84 bits per heavy atom. The van der Waals surface area contributed by atoms with Crippen molar-refractivity contribution in [2.24, 2.45) is 7.05 Å². The zero-order chi connectivity index (χ0) is 21.3. The number of ether oxygens (including phenoxy) is 1. The second-order valence-corrected chi connectivity index (χ2v) is 7.07. The molecule has 1 amide bonds. The molecule has 1 aliphatic rings. The van der Waals surface area contributed by atoms with Gasteiger partial charge in [-0.15, -0.1) is 0 Å². The van der Waals surface area contributed by atoms with E-state index in [0.29, 0.717) is 37.6 Å². The van der Waals surface area contributed by atoms with Crippen LogP contribution >= 0.6 is 0 Å². The first kappa shape index (κ1) is 22.1. The maximum absolute atomic E-state index is 13.1. The number of carbonyl (C=O) groups excluding carboxylic acids is 2. The summed E-state index contributed by atoms with van der Waals surface area (Å²) in [5, 5.41) is 7.32. The smallest absolute Gasteiger partial charge is 0.345 e. The maximum Gasteiger partial charge on any atom is 0.345 e. The number of amides is 1. The second kappa shape index (κ2) is 9.03. The summed E-state index contributed by atoms with van der Waals surface area (Å²) in [6, 6.07) is 9.13. The molecule has 0 bridgehead atoms. The molecular formula is C22H27N5O4. The predicted octanol–water partition coefficient (Wildman–Crippen LogP) is 2.04. The summed E-state index contributed by atoms with van der Waals surface area (Å²) in [6.07, 6.45) is 1.54. The lowest BCUT2D eigenvalue weighted by molar-refractivity contribution is 0.0523. The number of hydrogen-bond donors (Lipinski definition) is 1. The van der Waals surface area contributed by atoms with Crippen molar-refractivity contribution in [3.63, 3.8) is 0 Å². The molecule has 31 heavy (non-hydrogen) atoms. The van der Waals surface area contributed by atoms with Gasteiger partial charge in [0.25, 0.3) is 11.5 Å². The highest BCUT2D eigenvalue weighted by molar-refractivity contribution is 6.05. The lowest BCUT2D eigenvalue weighted by Gasteiger charge is -2.37. The summed E-state index contributed by atoms with van der Waals surface area (Å²) < 4.78 is 6.67. The van der Waals surface area contributed by atoms with Crippen molar-refractivity contribution in [1.29, 1.82) is 0 Å². The number of hydrogen-bond acceptors (Lipinski definition) is 6. The van der Waals surface area contributed by atoms with E-state index in [-0.39, 0.29) is 25.5 Å². The van der Waals surface area contributed by atoms with Crippen molar-refractivity contribution in [3.05, 3.63) is 58.1 Å². The number of carbonyl (C=O) groups is 2. The number of aromatic nitrogens is 3. The van der Waals surface area contributed by atoms with Gasteiger partial charge >= 0.3 is 5.97 Å². The minimum atomic E-state index is -0.630. The van der Waals surface area contributed by atoms with Gasteiger partial charge in [0.1, 0.15) is 11.3 Å². The van der Waals surface area contributed by atoms with E-state index in [1.807, 2.05) is 29.2 Å². The number of benzene rings is 1. The van der Waals surface area contributed by atoms with Gasteiger partial charge in [-0.2, -0.15) is 5.10 Å². The monoisotopic (exact) mass is 425 g/mol. The molecule has 9 nitrogen and oxygen atoms in total. The third-order valence-corrected chi connectivity index (χ3v) is 5.37. The lowest BCUT2D eigenvalue weighted by Crippen LogP contribution is -2.49. The van der Waals surface area contributed by atoms with E-state index in [0.717, 1.165) is 10.9 Å². The number of pyridine rings is 1.